The van der Waals surface area contributed by atoms with Gasteiger partial charge in [-0.1, -0.05) is 35.0 Å². The third-order valence-corrected chi connectivity index (χ3v) is 3.33. The minimum Gasteiger partial charge on any atom is -0.355 e. The molecule has 4 heteroatoms. The predicted molar refractivity (Wildman–Crippen MR) is 66.1 cm³/mol. The van der Waals surface area contributed by atoms with Crippen molar-refractivity contribution < 1.29 is 9.18 Å². The summed E-state index contributed by atoms with van der Waals surface area (Å²) in [5.41, 5.74) is 1.02. The van der Waals surface area contributed by atoms with Gasteiger partial charge in [0.1, 0.15) is 5.82 Å². The standard InChI is InChI=1S/C12H15BrFNO/c1-2-11(13)12(16)15-8-7-9-3-5-10(14)6-4-9/h3-6,11H,2,7-8H2,1H3,(H,15,16). The van der Waals surface area contributed by atoms with Gasteiger partial charge < -0.3 is 5.32 Å². The van der Waals surface area contributed by atoms with E-state index < -0.39 is 0 Å². The summed E-state index contributed by atoms with van der Waals surface area (Å²) in [5.74, 6) is -0.232. The molecule has 16 heavy (non-hydrogen) atoms. The van der Waals surface area contributed by atoms with Gasteiger partial charge in [-0.2, -0.15) is 0 Å². The summed E-state index contributed by atoms with van der Waals surface area (Å²) >= 11 is 3.28. The first kappa shape index (κ1) is 13.2. The lowest BCUT2D eigenvalue weighted by atomic mass is 10.1. The van der Waals surface area contributed by atoms with Gasteiger partial charge in [0, 0.05) is 6.54 Å². The number of alkyl halides is 1. The second kappa shape index (κ2) is 6.63. The van der Waals surface area contributed by atoms with E-state index in [0.29, 0.717) is 6.54 Å². The van der Waals surface area contributed by atoms with Gasteiger partial charge in [-0.15, -0.1) is 0 Å². The summed E-state index contributed by atoms with van der Waals surface area (Å²) in [4.78, 5) is 11.3. The fraction of sp³-hybridized carbons (Fsp3) is 0.417. The third-order valence-electron chi connectivity index (χ3n) is 2.27. The van der Waals surface area contributed by atoms with Crippen molar-refractivity contribution in [2.45, 2.75) is 24.6 Å². The largest absolute Gasteiger partial charge is 0.355 e. The molecule has 0 saturated heterocycles. The molecule has 0 radical (unpaired) electrons. The van der Waals surface area contributed by atoms with Crippen LogP contribution in [0.2, 0.25) is 0 Å². The van der Waals surface area contributed by atoms with Gasteiger partial charge in [0.05, 0.1) is 4.83 Å². The van der Waals surface area contributed by atoms with Gasteiger partial charge in [0.2, 0.25) is 5.91 Å². The maximum absolute atomic E-state index is 12.6. The number of amides is 1. The molecule has 0 aromatic heterocycles. The van der Waals surface area contributed by atoms with Gasteiger partial charge >= 0.3 is 0 Å². The van der Waals surface area contributed by atoms with Crippen LogP contribution in [0.15, 0.2) is 24.3 Å². The minimum atomic E-state index is -0.237. The van der Waals surface area contributed by atoms with Crippen LogP contribution in [-0.4, -0.2) is 17.3 Å². The molecule has 1 aromatic carbocycles. The molecule has 1 aromatic rings. The van der Waals surface area contributed by atoms with Gasteiger partial charge in [0.15, 0.2) is 0 Å². The monoisotopic (exact) mass is 287 g/mol. The van der Waals surface area contributed by atoms with E-state index in [4.69, 9.17) is 0 Å². The number of nitrogens with one attached hydrogen (secondary N) is 1. The van der Waals surface area contributed by atoms with E-state index in [-0.39, 0.29) is 16.6 Å². The molecule has 2 nitrogen and oxygen atoms in total. The van der Waals surface area contributed by atoms with Crippen LogP contribution in [0.25, 0.3) is 0 Å². The van der Waals surface area contributed by atoms with E-state index in [1.165, 1.54) is 12.1 Å². The van der Waals surface area contributed by atoms with E-state index in [2.05, 4.69) is 21.2 Å². The normalized spacial score (nSPS) is 12.2. The lowest BCUT2D eigenvalue weighted by Crippen LogP contribution is -2.32. The lowest BCUT2D eigenvalue weighted by molar-refractivity contribution is -0.120. The molecular formula is C12H15BrFNO. The van der Waals surface area contributed by atoms with Crippen molar-refractivity contribution in [3.05, 3.63) is 35.6 Å². The first-order chi connectivity index (χ1) is 7.63. The first-order valence-electron chi connectivity index (χ1n) is 5.29. The van der Waals surface area contributed by atoms with Gasteiger partial charge in [-0.25, -0.2) is 4.39 Å². The molecule has 1 rings (SSSR count). The van der Waals surface area contributed by atoms with Crippen molar-refractivity contribution >= 4 is 21.8 Å². The number of carbonyl (C=O) groups is 1. The van der Waals surface area contributed by atoms with Crippen LogP contribution in [0.5, 0.6) is 0 Å². The Morgan fingerprint density at radius 1 is 1.44 bits per heavy atom. The van der Waals surface area contributed by atoms with Crippen LogP contribution in [-0.2, 0) is 11.2 Å². The molecule has 0 saturated carbocycles. The molecule has 1 N–H and O–H groups in total. The van der Waals surface area contributed by atoms with Crippen molar-refractivity contribution in [2.75, 3.05) is 6.54 Å². The van der Waals surface area contributed by atoms with E-state index >= 15 is 0 Å². The Bertz CT molecular complexity index is 339. The molecule has 1 atom stereocenters. The summed E-state index contributed by atoms with van der Waals surface area (Å²) in [7, 11) is 0. The van der Waals surface area contributed by atoms with Crippen molar-refractivity contribution in [1.29, 1.82) is 0 Å². The lowest BCUT2D eigenvalue weighted by Gasteiger charge is -2.08. The second-order valence-corrected chi connectivity index (χ2v) is 4.65. The highest BCUT2D eigenvalue weighted by Gasteiger charge is 2.10. The van der Waals surface area contributed by atoms with Crippen LogP contribution >= 0.6 is 15.9 Å². The average Bonchev–Trinajstić information content (AvgIpc) is 2.30. The summed E-state index contributed by atoms with van der Waals surface area (Å²) < 4.78 is 12.6. The van der Waals surface area contributed by atoms with Crippen molar-refractivity contribution in [3.8, 4) is 0 Å². The van der Waals surface area contributed by atoms with Gasteiger partial charge in [0.25, 0.3) is 0 Å². The fourth-order valence-electron chi connectivity index (χ4n) is 1.28. The van der Waals surface area contributed by atoms with Crippen molar-refractivity contribution in [2.24, 2.45) is 0 Å². The minimum absolute atomic E-state index is 0.00427. The van der Waals surface area contributed by atoms with Gasteiger partial charge in [-0.3, -0.25) is 4.79 Å². The number of hydrogen-bond donors (Lipinski definition) is 1. The van der Waals surface area contributed by atoms with Crippen LogP contribution in [0.1, 0.15) is 18.9 Å². The number of hydrogen-bond acceptors (Lipinski definition) is 1. The molecule has 1 unspecified atom stereocenters. The highest BCUT2D eigenvalue weighted by Crippen LogP contribution is 2.05. The Morgan fingerprint density at radius 2 is 2.06 bits per heavy atom. The summed E-state index contributed by atoms with van der Waals surface area (Å²) in [6.45, 7) is 2.52. The number of carbonyl (C=O) groups excluding carboxylic acids is 1. The zero-order valence-corrected chi connectivity index (χ0v) is 10.8. The zero-order chi connectivity index (χ0) is 12.0. The molecule has 0 spiro atoms. The number of benzene rings is 1. The molecule has 0 fully saturated rings. The topological polar surface area (TPSA) is 29.1 Å². The van der Waals surface area contributed by atoms with Crippen LogP contribution < -0.4 is 5.32 Å². The third kappa shape index (κ3) is 4.31. The zero-order valence-electron chi connectivity index (χ0n) is 9.17. The molecule has 88 valence electrons. The van der Waals surface area contributed by atoms with E-state index in [1.54, 1.807) is 12.1 Å². The summed E-state index contributed by atoms with van der Waals surface area (Å²) in [6, 6.07) is 6.31. The molecule has 0 aliphatic carbocycles. The predicted octanol–water partition coefficient (Wildman–Crippen LogP) is 2.66. The molecule has 1 amide bonds. The first-order valence-corrected chi connectivity index (χ1v) is 6.21. The fourth-order valence-corrected chi connectivity index (χ4v) is 1.44. The maximum atomic E-state index is 12.6. The molecule has 0 aliphatic rings. The van der Waals surface area contributed by atoms with Crippen LogP contribution in [0, 0.1) is 5.82 Å². The highest BCUT2D eigenvalue weighted by atomic mass is 79.9. The Kier molecular flexibility index (Phi) is 5.46. The Hall–Kier alpha value is -0.900. The smallest absolute Gasteiger partial charge is 0.233 e. The van der Waals surface area contributed by atoms with Gasteiger partial charge in [-0.05, 0) is 30.5 Å². The van der Waals surface area contributed by atoms with Crippen LogP contribution in [0.3, 0.4) is 0 Å². The molecule has 0 bridgehead atoms. The molecule has 0 aliphatic heterocycles. The Balaban J connectivity index is 2.30. The Labute approximate surface area is 103 Å². The molecule has 0 heterocycles. The maximum Gasteiger partial charge on any atom is 0.233 e. The number of rotatable bonds is 5. The second-order valence-electron chi connectivity index (χ2n) is 3.54. The van der Waals surface area contributed by atoms with Crippen LogP contribution in [0.4, 0.5) is 4.39 Å². The quantitative estimate of drug-likeness (QED) is 0.829. The van der Waals surface area contributed by atoms with Crippen molar-refractivity contribution in [3.63, 3.8) is 0 Å². The summed E-state index contributed by atoms with van der Waals surface area (Å²) in [6.07, 6.45) is 1.48. The van der Waals surface area contributed by atoms with Crippen molar-refractivity contribution in [1.82, 2.24) is 5.32 Å². The molecular weight excluding hydrogens is 273 g/mol. The number of halogens is 2. The average molecular weight is 288 g/mol. The van der Waals surface area contributed by atoms with E-state index in [9.17, 15) is 9.18 Å². The highest BCUT2D eigenvalue weighted by molar-refractivity contribution is 9.10. The SMILES string of the molecule is CCC(Br)C(=O)NCCc1ccc(F)cc1. The summed E-state index contributed by atoms with van der Waals surface area (Å²) in [5, 5.41) is 2.82. The Morgan fingerprint density at radius 3 is 2.62 bits per heavy atom. The van der Waals surface area contributed by atoms with E-state index in [1.807, 2.05) is 6.92 Å². The van der Waals surface area contributed by atoms with E-state index in [0.717, 1.165) is 18.4 Å².